The average molecular weight is 380 g/mol. The molecule has 0 atom stereocenters. The molecular formula is C26H18ClN. The zero-order valence-electron chi connectivity index (χ0n) is 15.3. The maximum Gasteiger partial charge on any atom is 0.175 e. The molecule has 1 nitrogen and oxygen atoms in total. The molecule has 28 heavy (non-hydrogen) atoms. The Kier molecular flexibility index (Phi) is 3.92. The fourth-order valence-corrected chi connectivity index (χ4v) is 4.58. The first-order valence-corrected chi connectivity index (χ1v) is 9.41. The predicted molar refractivity (Wildman–Crippen MR) is 113 cm³/mol. The standard InChI is InChI=1S/C26H18N.ClH/c1-4-15-27(16-5-1)17-24-21-10-3-2-9-20(21)22-13-11-18-7-6-8-19-12-14-23(24)26(22)25(18)19;/h1-16H,17H2;1H/q+1;/p-1. The molecule has 5 aromatic carbocycles. The number of fused-ring (bicyclic) bond motifs is 2. The molecule has 0 saturated heterocycles. The minimum atomic E-state index is 0. The largest absolute Gasteiger partial charge is 1.00 e. The smallest absolute Gasteiger partial charge is 0.175 e. The van der Waals surface area contributed by atoms with Crippen LogP contribution in [-0.2, 0) is 6.54 Å². The van der Waals surface area contributed by atoms with Crippen molar-refractivity contribution >= 4 is 43.1 Å². The van der Waals surface area contributed by atoms with Crippen molar-refractivity contribution in [1.29, 1.82) is 0 Å². The molecule has 0 aliphatic rings. The fraction of sp³-hybridized carbons (Fsp3) is 0.0385. The van der Waals surface area contributed by atoms with E-state index in [1.54, 1.807) is 0 Å². The molecule has 134 valence electrons. The summed E-state index contributed by atoms with van der Waals surface area (Å²) in [5, 5.41) is 10.8. The quantitative estimate of drug-likeness (QED) is 0.247. The van der Waals surface area contributed by atoms with Gasteiger partial charge in [0.15, 0.2) is 18.9 Å². The van der Waals surface area contributed by atoms with Crippen LogP contribution >= 0.6 is 0 Å². The molecule has 0 saturated carbocycles. The Morgan fingerprint density at radius 3 is 1.93 bits per heavy atom. The van der Waals surface area contributed by atoms with Crippen LogP contribution in [0.3, 0.4) is 0 Å². The topological polar surface area (TPSA) is 3.88 Å². The van der Waals surface area contributed by atoms with Gasteiger partial charge in [0.1, 0.15) is 0 Å². The third kappa shape index (κ3) is 2.37. The van der Waals surface area contributed by atoms with Gasteiger partial charge in [-0.25, -0.2) is 4.57 Å². The molecule has 2 heteroatoms. The van der Waals surface area contributed by atoms with Crippen LogP contribution in [-0.4, -0.2) is 0 Å². The highest BCUT2D eigenvalue weighted by molar-refractivity contribution is 6.29. The molecule has 1 aromatic heterocycles. The minimum Gasteiger partial charge on any atom is -1.00 e. The molecule has 0 bridgehead atoms. The van der Waals surface area contributed by atoms with Gasteiger partial charge in [-0.15, -0.1) is 0 Å². The molecule has 0 N–H and O–H groups in total. The molecule has 1 heterocycles. The van der Waals surface area contributed by atoms with E-state index in [2.05, 4.69) is 102 Å². The molecule has 0 aliphatic heterocycles. The second-order valence-electron chi connectivity index (χ2n) is 7.25. The number of hydrogen-bond donors (Lipinski definition) is 0. The van der Waals surface area contributed by atoms with Crippen LogP contribution < -0.4 is 17.0 Å². The fourth-order valence-electron chi connectivity index (χ4n) is 4.58. The van der Waals surface area contributed by atoms with Gasteiger partial charge >= 0.3 is 0 Å². The summed E-state index contributed by atoms with van der Waals surface area (Å²) in [6.07, 6.45) is 4.29. The van der Waals surface area contributed by atoms with Crippen LogP contribution in [0.1, 0.15) is 5.56 Å². The van der Waals surface area contributed by atoms with Gasteiger partial charge < -0.3 is 12.4 Å². The first-order valence-electron chi connectivity index (χ1n) is 9.41. The minimum absolute atomic E-state index is 0. The van der Waals surface area contributed by atoms with E-state index in [4.69, 9.17) is 0 Å². The summed E-state index contributed by atoms with van der Waals surface area (Å²) in [6.45, 7) is 0.871. The predicted octanol–water partition coefficient (Wildman–Crippen LogP) is 3.08. The lowest BCUT2D eigenvalue weighted by atomic mass is 9.87. The number of hydrogen-bond acceptors (Lipinski definition) is 0. The lowest BCUT2D eigenvalue weighted by Gasteiger charge is -2.16. The molecule has 0 radical (unpaired) electrons. The maximum absolute atomic E-state index is 2.31. The van der Waals surface area contributed by atoms with Gasteiger partial charge in [-0.3, -0.25) is 0 Å². The Morgan fingerprint density at radius 2 is 1.18 bits per heavy atom. The summed E-state index contributed by atoms with van der Waals surface area (Å²) in [4.78, 5) is 0. The van der Waals surface area contributed by atoms with Crippen molar-refractivity contribution in [3.05, 3.63) is 103 Å². The number of aromatic nitrogens is 1. The van der Waals surface area contributed by atoms with Crippen molar-refractivity contribution in [3.63, 3.8) is 0 Å². The summed E-state index contributed by atoms with van der Waals surface area (Å²) in [6, 6.07) is 30.8. The van der Waals surface area contributed by atoms with E-state index in [0.29, 0.717) is 0 Å². The normalized spacial score (nSPS) is 11.4. The summed E-state index contributed by atoms with van der Waals surface area (Å²) >= 11 is 0. The Balaban J connectivity index is 0.00000171. The Labute approximate surface area is 169 Å². The monoisotopic (exact) mass is 379 g/mol. The third-order valence-electron chi connectivity index (χ3n) is 5.76. The number of rotatable bonds is 2. The van der Waals surface area contributed by atoms with Crippen molar-refractivity contribution in [2.75, 3.05) is 0 Å². The molecule has 0 amide bonds. The van der Waals surface area contributed by atoms with E-state index in [0.717, 1.165) is 6.54 Å². The van der Waals surface area contributed by atoms with E-state index >= 15 is 0 Å². The second-order valence-corrected chi connectivity index (χ2v) is 7.25. The van der Waals surface area contributed by atoms with Crippen LogP contribution in [0.2, 0.25) is 0 Å². The summed E-state index contributed by atoms with van der Waals surface area (Å²) in [5.41, 5.74) is 1.40. The van der Waals surface area contributed by atoms with Crippen LogP contribution in [0.25, 0.3) is 43.1 Å². The Morgan fingerprint density at radius 1 is 0.500 bits per heavy atom. The first-order chi connectivity index (χ1) is 13.4. The van der Waals surface area contributed by atoms with Crippen LogP contribution in [0.4, 0.5) is 0 Å². The van der Waals surface area contributed by atoms with Gasteiger partial charge in [0.05, 0.1) is 0 Å². The maximum atomic E-state index is 2.31. The van der Waals surface area contributed by atoms with Gasteiger partial charge in [-0.1, -0.05) is 72.8 Å². The Bertz CT molecular complexity index is 1420. The van der Waals surface area contributed by atoms with Crippen molar-refractivity contribution in [2.45, 2.75) is 6.54 Å². The lowest BCUT2D eigenvalue weighted by Crippen LogP contribution is -3.00. The molecule has 0 unspecified atom stereocenters. The third-order valence-corrected chi connectivity index (χ3v) is 5.76. The van der Waals surface area contributed by atoms with Gasteiger partial charge in [0.25, 0.3) is 0 Å². The zero-order chi connectivity index (χ0) is 17.8. The van der Waals surface area contributed by atoms with Crippen molar-refractivity contribution in [1.82, 2.24) is 0 Å². The number of nitrogens with zero attached hydrogens (tertiary/aromatic N) is 1. The highest BCUT2D eigenvalue weighted by atomic mass is 35.5. The molecule has 0 spiro atoms. The molecule has 6 aromatic rings. The second kappa shape index (κ2) is 6.47. The lowest BCUT2D eigenvalue weighted by molar-refractivity contribution is -0.688. The van der Waals surface area contributed by atoms with Gasteiger partial charge in [0, 0.05) is 17.7 Å². The summed E-state index contributed by atoms with van der Waals surface area (Å²) < 4.78 is 2.26. The first kappa shape index (κ1) is 17.0. The summed E-state index contributed by atoms with van der Waals surface area (Å²) in [7, 11) is 0. The van der Waals surface area contributed by atoms with Gasteiger partial charge in [0.2, 0.25) is 0 Å². The van der Waals surface area contributed by atoms with Gasteiger partial charge in [-0.05, 0) is 43.1 Å². The van der Waals surface area contributed by atoms with Crippen molar-refractivity contribution in [3.8, 4) is 0 Å². The van der Waals surface area contributed by atoms with E-state index in [-0.39, 0.29) is 12.4 Å². The van der Waals surface area contributed by atoms with E-state index in [1.165, 1.54) is 48.7 Å². The molecule has 0 aliphatic carbocycles. The summed E-state index contributed by atoms with van der Waals surface area (Å²) in [5.74, 6) is 0. The van der Waals surface area contributed by atoms with E-state index < -0.39 is 0 Å². The zero-order valence-corrected chi connectivity index (χ0v) is 16.0. The molecule has 0 fully saturated rings. The number of benzene rings is 5. The SMILES string of the molecule is [Cl-].c1cc[n+](Cc2c3ccccc3c3ccc4cccc5ccc2c3c54)cc1. The average Bonchev–Trinajstić information content (AvgIpc) is 2.74. The van der Waals surface area contributed by atoms with Gasteiger partial charge in [-0.2, -0.15) is 0 Å². The van der Waals surface area contributed by atoms with E-state index in [9.17, 15) is 0 Å². The number of halogens is 1. The van der Waals surface area contributed by atoms with Crippen LogP contribution in [0, 0.1) is 0 Å². The highest BCUT2D eigenvalue weighted by Gasteiger charge is 2.17. The van der Waals surface area contributed by atoms with Crippen LogP contribution in [0.5, 0.6) is 0 Å². The molecule has 6 rings (SSSR count). The highest BCUT2D eigenvalue weighted by Crippen LogP contribution is 2.40. The van der Waals surface area contributed by atoms with Crippen molar-refractivity contribution < 1.29 is 17.0 Å². The van der Waals surface area contributed by atoms with E-state index in [1.807, 2.05) is 0 Å². The van der Waals surface area contributed by atoms with Crippen LogP contribution in [0.15, 0.2) is 97.3 Å². The number of pyridine rings is 1. The van der Waals surface area contributed by atoms with Crippen molar-refractivity contribution in [2.24, 2.45) is 0 Å². The molecular weight excluding hydrogens is 362 g/mol. The Hall–Kier alpha value is -3.16.